The first-order chi connectivity index (χ1) is 11.5. The van der Waals surface area contributed by atoms with Crippen molar-refractivity contribution in [2.75, 3.05) is 36.5 Å². The highest BCUT2D eigenvalue weighted by Crippen LogP contribution is 2.55. The van der Waals surface area contributed by atoms with Crippen LogP contribution in [0.3, 0.4) is 0 Å². The third-order valence-corrected chi connectivity index (χ3v) is 5.98. The van der Waals surface area contributed by atoms with Gasteiger partial charge in [0.1, 0.15) is 0 Å². The molecule has 0 amide bonds. The van der Waals surface area contributed by atoms with Crippen molar-refractivity contribution in [3.05, 3.63) is 11.8 Å². The molecule has 3 heterocycles. The number of nitrogens with zero attached hydrogens (tertiary/aromatic N) is 3. The number of piperidine rings is 1. The van der Waals surface area contributed by atoms with Crippen LogP contribution in [-0.2, 0) is 4.79 Å². The summed E-state index contributed by atoms with van der Waals surface area (Å²) >= 11 is 0. The van der Waals surface area contributed by atoms with Crippen molar-refractivity contribution in [1.82, 2.24) is 4.98 Å². The van der Waals surface area contributed by atoms with E-state index in [1.807, 2.05) is 6.92 Å². The van der Waals surface area contributed by atoms with Crippen molar-refractivity contribution in [3.8, 4) is 5.75 Å². The molecule has 1 aliphatic carbocycles. The number of carboxylic acid groups (broad SMARTS) is 1. The number of fused-ring (bicyclic) bond motifs is 1. The molecule has 24 heavy (non-hydrogen) atoms. The summed E-state index contributed by atoms with van der Waals surface area (Å²) in [5.74, 6) is 2.54. The minimum absolute atomic E-state index is 0.312. The van der Waals surface area contributed by atoms with Gasteiger partial charge in [0.05, 0.1) is 12.8 Å². The Kier molecular flexibility index (Phi) is 3.58. The quantitative estimate of drug-likeness (QED) is 0.892. The van der Waals surface area contributed by atoms with Gasteiger partial charge in [0.2, 0.25) is 0 Å². The van der Waals surface area contributed by atoms with E-state index in [2.05, 4.69) is 22.8 Å². The first-order valence-corrected chi connectivity index (χ1v) is 8.78. The predicted molar refractivity (Wildman–Crippen MR) is 91.9 cm³/mol. The maximum Gasteiger partial charge on any atom is 0.303 e. The van der Waals surface area contributed by atoms with Gasteiger partial charge < -0.3 is 19.6 Å². The van der Waals surface area contributed by atoms with E-state index in [9.17, 15) is 4.79 Å². The van der Waals surface area contributed by atoms with Crippen LogP contribution in [0, 0.1) is 24.7 Å². The fourth-order valence-corrected chi connectivity index (χ4v) is 4.44. The zero-order valence-corrected chi connectivity index (χ0v) is 14.5. The van der Waals surface area contributed by atoms with Crippen LogP contribution in [0.4, 0.5) is 11.5 Å². The second-order valence-electron chi connectivity index (χ2n) is 7.47. The molecule has 1 saturated carbocycles. The number of methoxy groups -OCH3 is 1. The number of pyridine rings is 1. The second kappa shape index (κ2) is 5.53. The van der Waals surface area contributed by atoms with E-state index in [0.29, 0.717) is 30.2 Å². The van der Waals surface area contributed by atoms with E-state index in [4.69, 9.17) is 14.8 Å². The van der Waals surface area contributed by atoms with E-state index in [1.54, 1.807) is 7.11 Å². The van der Waals surface area contributed by atoms with Crippen LogP contribution >= 0.6 is 0 Å². The molecule has 1 aromatic heterocycles. The molecule has 1 N–H and O–H groups in total. The van der Waals surface area contributed by atoms with Gasteiger partial charge in [-0.25, -0.2) is 4.98 Å². The van der Waals surface area contributed by atoms with Crippen molar-refractivity contribution in [2.45, 2.75) is 32.7 Å². The molecule has 6 heteroatoms. The normalized spacial score (nSPS) is 30.8. The number of carbonyl (C=O) groups is 1. The highest BCUT2D eigenvalue weighted by Gasteiger charge is 2.56. The first-order valence-electron chi connectivity index (χ1n) is 8.78. The Bertz CT molecular complexity index is 666. The fourth-order valence-electron chi connectivity index (χ4n) is 4.44. The second-order valence-corrected chi connectivity index (χ2v) is 7.47. The Morgan fingerprint density at radius 1 is 1.42 bits per heavy atom. The number of rotatable bonds is 5. The van der Waals surface area contributed by atoms with Gasteiger partial charge in [0, 0.05) is 37.8 Å². The van der Waals surface area contributed by atoms with Gasteiger partial charge in [-0.2, -0.15) is 0 Å². The lowest BCUT2D eigenvalue weighted by Gasteiger charge is -2.41. The molecule has 6 nitrogen and oxygen atoms in total. The average molecular weight is 331 g/mol. The van der Waals surface area contributed by atoms with Crippen molar-refractivity contribution >= 4 is 17.5 Å². The maximum absolute atomic E-state index is 10.9. The van der Waals surface area contributed by atoms with Crippen LogP contribution in [-0.4, -0.2) is 48.8 Å². The zero-order valence-electron chi connectivity index (χ0n) is 14.5. The minimum Gasteiger partial charge on any atom is -0.491 e. The number of ether oxygens (including phenoxy) is 1. The van der Waals surface area contributed by atoms with Gasteiger partial charge in [-0.05, 0) is 44.1 Å². The Labute approximate surface area is 142 Å². The van der Waals surface area contributed by atoms with Gasteiger partial charge in [-0.1, -0.05) is 0 Å². The molecule has 130 valence electrons. The van der Waals surface area contributed by atoms with E-state index in [1.165, 1.54) is 6.42 Å². The standard InChI is InChI=1S/C18H25N3O3/c1-10-6-15(17(24-3)18(19-10)21-5-4-11(21)2)20-8-13-12(7-16(22)23)14(13)9-20/h6,11-14H,4-5,7-9H2,1-3H3,(H,22,23)/t11-,12?,13-,14+/m0/s1. The van der Waals surface area contributed by atoms with Crippen molar-refractivity contribution in [1.29, 1.82) is 0 Å². The summed E-state index contributed by atoms with van der Waals surface area (Å²) < 4.78 is 5.75. The molecule has 4 atom stereocenters. The highest BCUT2D eigenvalue weighted by atomic mass is 16.5. The molecular formula is C18H25N3O3. The summed E-state index contributed by atoms with van der Waals surface area (Å²) in [6, 6.07) is 2.61. The average Bonchev–Trinajstić information content (AvgIpc) is 2.95. The third-order valence-electron chi connectivity index (χ3n) is 5.98. The summed E-state index contributed by atoms with van der Waals surface area (Å²) in [5, 5.41) is 8.99. The predicted octanol–water partition coefficient (Wildman–Crippen LogP) is 2.15. The molecule has 4 rings (SSSR count). The summed E-state index contributed by atoms with van der Waals surface area (Å²) in [4.78, 5) is 20.3. The van der Waals surface area contributed by atoms with Crippen molar-refractivity contribution in [2.24, 2.45) is 17.8 Å². The molecule has 2 saturated heterocycles. The molecule has 0 aromatic carbocycles. The van der Waals surface area contributed by atoms with E-state index in [-0.39, 0.29) is 0 Å². The van der Waals surface area contributed by atoms with Crippen molar-refractivity contribution in [3.63, 3.8) is 0 Å². The van der Waals surface area contributed by atoms with E-state index < -0.39 is 5.97 Å². The Morgan fingerprint density at radius 2 is 2.12 bits per heavy atom. The number of anilines is 2. The van der Waals surface area contributed by atoms with Crippen LogP contribution in [0.1, 0.15) is 25.5 Å². The maximum atomic E-state index is 10.9. The molecule has 1 unspecified atom stereocenters. The topological polar surface area (TPSA) is 65.9 Å². The molecule has 3 fully saturated rings. The van der Waals surface area contributed by atoms with Gasteiger partial charge in [-0.15, -0.1) is 0 Å². The molecule has 2 aliphatic heterocycles. The summed E-state index contributed by atoms with van der Waals surface area (Å²) in [7, 11) is 1.72. The first kappa shape index (κ1) is 15.5. The van der Waals surface area contributed by atoms with Gasteiger partial charge in [0.25, 0.3) is 0 Å². The lowest BCUT2D eigenvalue weighted by Crippen LogP contribution is -2.46. The number of carboxylic acids is 1. The number of hydrogen-bond donors (Lipinski definition) is 1. The molecule has 0 spiro atoms. The van der Waals surface area contributed by atoms with Crippen LogP contribution in [0.25, 0.3) is 0 Å². The molecule has 0 radical (unpaired) electrons. The van der Waals surface area contributed by atoms with Crippen LogP contribution < -0.4 is 14.5 Å². The van der Waals surface area contributed by atoms with E-state index >= 15 is 0 Å². The lowest BCUT2D eigenvalue weighted by atomic mass is 10.0. The van der Waals surface area contributed by atoms with Crippen LogP contribution in [0.2, 0.25) is 0 Å². The van der Waals surface area contributed by atoms with Crippen molar-refractivity contribution < 1.29 is 14.6 Å². The summed E-state index contributed by atoms with van der Waals surface area (Å²) in [6.45, 7) is 7.13. The zero-order chi connectivity index (χ0) is 17.0. The SMILES string of the molecule is COc1c(N2C[C@@H]3C(CC(=O)O)[C@@H]3C2)cc(C)nc1N1CC[C@@H]1C. The monoisotopic (exact) mass is 331 g/mol. The van der Waals surface area contributed by atoms with Gasteiger partial charge in [-0.3, -0.25) is 4.79 Å². The largest absolute Gasteiger partial charge is 0.491 e. The Morgan fingerprint density at radius 3 is 2.62 bits per heavy atom. The highest BCUT2D eigenvalue weighted by molar-refractivity contribution is 5.72. The lowest BCUT2D eigenvalue weighted by molar-refractivity contribution is -0.137. The fraction of sp³-hybridized carbons (Fsp3) is 0.667. The molecule has 1 aromatic rings. The molecular weight excluding hydrogens is 306 g/mol. The smallest absolute Gasteiger partial charge is 0.303 e. The van der Waals surface area contributed by atoms with Gasteiger partial charge in [0.15, 0.2) is 11.6 Å². The number of hydrogen-bond acceptors (Lipinski definition) is 5. The summed E-state index contributed by atoms with van der Waals surface area (Å²) in [5.41, 5.74) is 2.11. The van der Waals surface area contributed by atoms with E-state index in [0.717, 1.165) is 42.6 Å². The summed E-state index contributed by atoms with van der Waals surface area (Å²) in [6.07, 6.45) is 1.51. The van der Waals surface area contributed by atoms with Gasteiger partial charge >= 0.3 is 5.97 Å². The van der Waals surface area contributed by atoms with Crippen LogP contribution in [0.5, 0.6) is 5.75 Å². The molecule has 3 aliphatic rings. The Hall–Kier alpha value is -1.98. The van der Waals surface area contributed by atoms with Crippen LogP contribution in [0.15, 0.2) is 6.07 Å². The minimum atomic E-state index is -0.674. The third kappa shape index (κ3) is 2.39. The Balaban J connectivity index is 1.57. The molecule has 0 bridgehead atoms. The number of aliphatic carboxylic acids is 1. The number of aromatic nitrogens is 1. The number of aryl methyl sites for hydroxylation is 1.